The maximum absolute atomic E-state index is 13.4. The lowest BCUT2D eigenvalue weighted by molar-refractivity contribution is 0.00290. The van der Waals surface area contributed by atoms with Crippen LogP contribution < -0.4 is 0 Å². The van der Waals surface area contributed by atoms with E-state index in [0.717, 1.165) is 5.69 Å². The smallest absolute Gasteiger partial charge is 0.407 e. The van der Waals surface area contributed by atoms with Gasteiger partial charge in [-0.1, -0.05) is 6.08 Å². The van der Waals surface area contributed by atoms with E-state index in [0.29, 0.717) is 24.2 Å². The van der Waals surface area contributed by atoms with E-state index in [2.05, 4.69) is 11.7 Å². The molecule has 0 fully saturated rings. The van der Waals surface area contributed by atoms with Gasteiger partial charge in [0, 0.05) is 38.2 Å². The molecule has 0 aromatic carbocycles. The zero-order valence-corrected chi connectivity index (χ0v) is 17.3. The number of carbonyl (C=O) groups excluding carboxylic acids is 1. The number of aromatic nitrogens is 2. The predicted octanol–water partition coefficient (Wildman–Crippen LogP) is 1.53. The summed E-state index contributed by atoms with van der Waals surface area (Å²) in [5, 5.41) is 26.7. The molecule has 9 heteroatoms. The first-order valence-corrected chi connectivity index (χ1v) is 9.38. The van der Waals surface area contributed by atoms with Gasteiger partial charge in [0.25, 0.3) is 5.91 Å². The summed E-state index contributed by atoms with van der Waals surface area (Å²) in [6.07, 6.45) is 1.10. The van der Waals surface area contributed by atoms with Crippen LogP contribution >= 0.6 is 0 Å². The van der Waals surface area contributed by atoms with E-state index >= 15 is 0 Å². The highest BCUT2D eigenvalue weighted by atomic mass is 16.4. The quantitative estimate of drug-likeness (QED) is 0.561. The van der Waals surface area contributed by atoms with Gasteiger partial charge in [-0.3, -0.25) is 14.5 Å². The van der Waals surface area contributed by atoms with Crippen LogP contribution in [-0.2, 0) is 18.5 Å². The van der Waals surface area contributed by atoms with Crippen molar-refractivity contribution in [3.63, 3.8) is 0 Å². The van der Waals surface area contributed by atoms with Crippen molar-refractivity contribution in [3.05, 3.63) is 29.6 Å². The van der Waals surface area contributed by atoms with Gasteiger partial charge in [0.15, 0.2) is 0 Å². The third kappa shape index (κ3) is 4.20. The second kappa shape index (κ2) is 8.32. The maximum atomic E-state index is 13.4. The van der Waals surface area contributed by atoms with Crippen molar-refractivity contribution in [2.45, 2.75) is 52.2 Å². The molecule has 1 aromatic rings. The summed E-state index contributed by atoms with van der Waals surface area (Å²) < 4.78 is 1.69. The molecule has 0 bridgehead atoms. The van der Waals surface area contributed by atoms with Gasteiger partial charge in [-0.2, -0.15) is 5.10 Å². The van der Waals surface area contributed by atoms with E-state index in [9.17, 15) is 19.8 Å². The van der Waals surface area contributed by atoms with Crippen LogP contribution in [0.5, 0.6) is 0 Å². The van der Waals surface area contributed by atoms with Crippen molar-refractivity contribution in [3.8, 4) is 0 Å². The molecule has 1 aliphatic rings. The third-order valence-electron chi connectivity index (χ3n) is 4.92. The van der Waals surface area contributed by atoms with Gasteiger partial charge >= 0.3 is 6.09 Å². The average Bonchev–Trinajstić information content (AvgIpc) is 2.97. The number of hydrogen-bond acceptors (Lipinski definition) is 5. The van der Waals surface area contributed by atoms with Gasteiger partial charge < -0.3 is 15.1 Å². The number of carbonyl (C=O) groups is 2. The number of aliphatic hydroxyl groups is 1. The van der Waals surface area contributed by atoms with Crippen molar-refractivity contribution in [2.75, 3.05) is 26.7 Å². The Morgan fingerprint density at radius 2 is 2.04 bits per heavy atom. The van der Waals surface area contributed by atoms with Crippen molar-refractivity contribution < 1.29 is 19.8 Å². The molecule has 2 amide bonds. The van der Waals surface area contributed by atoms with Gasteiger partial charge in [-0.15, -0.1) is 6.58 Å². The molecule has 2 N–H and O–H groups in total. The van der Waals surface area contributed by atoms with E-state index in [1.807, 2.05) is 27.7 Å². The number of amides is 2. The molecule has 1 aliphatic heterocycles. The van der Waals surface area contributed by atoms with Crippen LogP contribution in [0.15, 0.2) is 12.7 Å². The normalized spacial score (nSPS) is 16.8. The van der Waals surface area contributed by atoms with Crippen LogP contribution in [0.25, 0.3) is 0 Å². The van der Waals surface area contributed by atoms with E-state index < -0.39 is 11.6 Å². The number of aliphatic hydroxyl groups excluding tert-OH is 1. The van der Waals surface area contributed by atoms with Gasteiger partial charge in [-0.05, 0) is 27.7 Å². The Balaban J connectivity index is 2.54. The minimum Gasteiger partial charge on any atom is -0.465 e. The summed E-state index contributed by atoms with van der Waals surface area (Å²) in [6, 6.07) is -0.208. The van der Waals surface area contributed by atoms with E-state index in [1.165, 1.54) is 9.91 Å². The Labute approximate surface area is 165 Å². The Hall–Kier alpha value is -2.39. The number of rotatable bonds is 6. The molecule has 2 rings (SSSR count). The van der Waals surface area contributed by atoms with Crippen LogP contribution in [0, 0.1) is 0 Å². The number of hydrogen-bond donors (Lipinski definition) is 2. The molecular weight excluding hydrogens is 362 g/mol. The first kappa shape index (κ1) is 21.9. The molecule has 1 aromatic heterocycles. The van der Waals surface area contributed by atoms with E-state index in [1.54, 1.807) is 22.8 Å². The van der Waals surface area contributed by atoms with Gasteiger partial charge in [0.1, 0.15) is 5.69 Å². The molecular formula is C19H31N5O4. The van der Waals surface area contributed by atoms with E-state index in [4.69, 9.17) is 0 Å². The first-order chi connectivity index (χ1) is 13.0. The lowest BCUT2D eigenvalue weighted by atomic mass is 9.99. The van der Waals surface area contributed by atoms with Crippen LogP contribution in [0.4, 0.5) is 4.79 Å². The summed E-state index contributed by atoms with van der Waals surface area (Å²) in [5.74, 6) is -0.293. The third-order valence-corrected chi connectivity index (χ3v) is 4.92. The van der Waals surface area contributed by atoms with Crippen LogP contribution in [0.1, 0.15) is 49.4 Å². The fraction of sp³-hybridized carbons (Fsp3) is 0.632. The van der Waals surface area contributed by atoms with E-state index in [-0.39, 0.29) is 31.6 Å². The lowest BCUT2D eigenvalue weighted by Crippen LogP contribution is -2.47. The molecule has 0 saturated heterocycles. The largest absolute Gasteiger partial charge is 0.465 e. The Bertz CT molecular complexity index is 752. The zero-order valence-electron chi connectivity index (χ0n) is 17.3. The second-order valence-electron chi connectivity index (χ2n) is 8.07. The van der Waals surface area contributed by atoms with Crippen molar-refractivity contribution in [1.82, 2.24) is 24.7 Å². The Morgan fingerprint density at radius 3 is 2.54 bits per heavy atom. The number of nitrogens with zero attached hydrogens (tertiary/aromatic N) is 5. The molecule has 9 nitrogen and oxygen atoms in total. The summed E-state index contributed by atoms with van der Waals surface area (Å²) in [7, 11) is 1.63. The van der Waals surface area contributed by atoms with Crippen molar-refractivity contribution in [2.24, 2.45) is 0 Å². The summed E-state index contributed by atoms with van der Waals surface area (Å²) in [6.45, 7) is 12.1. The summed E-state index contributed by atoms with van der Waals surface area (Å²) in [5.41, 5.74) is 1.33. The summed E-state index contributed by atoms with van der Waals surface area (Å²) >= 11 is 0. The summed E-state index contributed by atoms with van der Waals surface area (Å²) in [4.78, 5) is 26.4. The monoisotopic (exact) mass is 393 g/mol. The Morgan fingerprint density at radius 1 is 1.39 bits per heavy atom. The molecule has 1 atom stereocenters. The topological polar surface area (TPSA) is 102 Å². The highest BCUT2D eigenvalue weighted by Crippen LogP contribution is 2.30. The van der Waals surface area contributed by atoms with Gasteiger partial charge in [0.05, 0.1) is 24.4 Å². The highest BCUT2D eigenvalue weighted by Gasteiger charge is 2.37. The Kier molecular flexibility index (Phi) is 6.51. The number of fused-ring (bicyclic) bond motifs is 1. The molecule has 28 heavy (non-hydrogen) atoms. The molecule has 0 unspecified atom stereocenters. The lowest BCUT2D eigenvalue weighted by Gasteiger charge is -2.33. The first-order valence-electron chi connectivity index (χ1n) is 9.38. The second-order valence-corrected chi connectivity index (χ2v) is 8.07. The van der Waals surface area contributed by atoms with Crippen LogP contribution in [0.3, 0.4) is 0 Å². The van der Waals surface area contributed by atoms with Crippen LogP contribution in [-0.4, -0.2) is 79.7 Å². The van der Waals surface area contributed by atoms with Crippen LogP contribution in [0.2, 0.25) is 0 Å². The zero-order chi connectivity index (χ0) is 21.2. The van der Waals surface area contributed by atoms with Crippen molar-refractivity contribution in [1.29, 1.82) is 0 Å². The SMILES string of the molecule is C=CCN(CCO)N(C)C(=O)c1c2c(nn1C(C)(C)C)C[C@@H](C)N(C(=O)O)C2. The molecule has 156 valence electrons. The average molecular weight is 393 g/mol. The maximum Gasteiger partial charge on any atom is 0.407 e. The molecule has 0 saturated carbocycles. The molecule has 0 radical (unpaired) electrons. The number of carboxylic acid groups (broad SMARTS) is 1. The number of hydrazine groups is 1. The standard InChI is InChI=1S/C19H31N5O4/c1-7-8-22(9-10-25)21(6)17(26)16-14-12-23(18(27)28)13(2)11-15(14)20-24(16)19(3,4)5/h7,13,25H,1,8-12H2,2-6H3,(H,27,28)/t13-/m1/s1. The molecule has 0 spiro atoms. The fourth-order valence-corrected chi connectivity index (χ4v) is 3.41. The molecule has 0 aliphatic carbocycles. The van der Waals surface area contributed by atoms with Gasteiger partial charge in [0.2, 0.25) is 0 Å². The minimum absolute atomic E-state index is 0.105. The fourth-order valence-electron chi connectivity index (χ4n) is 3.41. The van der Waals surface area contributed by atoms with Crippen molar-refractivity contribution >= 4 is 12.0 Å². The highest BCUT2D eigenvalue weighted by molar-refractivity contribution is 5.94. The molecule has 2 heterocycles. The predicted molar refractivity (Wildman–Crippen MR) is 105 cm³/mol. The minimum atomic E-state index is -1.01. The van der Waals surface area contributed by atoms with Gasteiger partial charge in [-0.25, -0.2) is 9.80 Å².